The van der Waals surface area contributed by atoms with Crippen molar-refractivity contribution >= 4 is 22.8 Å². The molecule has 2 aromatic carbocycles. The summed E-state index contributed by atoms with van der Waals surface area (Å²) in [7, 11) is 0. The summed E-state index contributed by atoms with van der Waals surface area (Å²) in [6.45, 7) is 4.93. The summed E-state index contributed by atoms with van der Waals surface area (Å²) in [4.78, 5) is 26.9. The number of amides is 1. The average molecular weight is 564 g/mol. The van der Waals surface area contributed by atoms with E-state index >= 15 is 0 Å². The largest absolute Gasteiger partial charge is 0.378 e. The van der Waals surface area contributed by atoms with Gasteiger partial charge in [0.25, 0.3) is 6.43 Å². The summed E-state index contributed by atoms with van der Waals surface area (Å²) in [5.74, 6) is 0.673. The molecule has 2 unspecified atom stereocenters. The number of aromatic nitrogens is 2. The van der Waals surface area contributed by atoms with Crippen LogP contribution in [0.15, 0.2) is 71.5 Å². The number of morpholine rings is 1. The minimum atomic E-state index is -2.79. The van der Waals surface area contributed by atoms with Crippen molar-refractivity contribution in [2.75, 3.05) is 32.8 Å². The molecular weight excluding hydrogens is 528 g/mol. The van der Waals surface area contributed by atoms with Crippen LogP contribution in [-0.2, 0) is 9.53 Å². The molecule has 4 heterocycles. The maximum Gasteiger partial charge on any atom is 0.296 e. The van der Waals surface area contributed by atoms with Gasteiger partial charge in [0.15, 0.2) is 12.1 Å². The number of hydrogen-bond donors (Lipinski definition) is 2. The number of carbonyl (C=O) groups excluding carboxylic acids is 1. The molecule has 2 N–H and O–H groups in total. The van der Waals surface area contributed by atoms with Gasteiger partial charge in [-0.1, -0.05) is 42.5 Å². The number of allylic oxidation sites excluding steroid dienone is 1. The lowest BCUT2D eigenvalue weighted by Crippen LogP contribution is -2.56. The van der Waals surface area contributed by atoms with Crippen LogP contribution in [0.5, 0.6) is 0 Å². The molecule has 11 heteroatoms. The zero-order valence-corrected chi connectivity index (χ0v) is 23.0. The van der Waals surface area contributed by atoms with Crippen molar-refractivity contribution in [3.05, 3.63) is 77.9 Å². The molecule has 3 aromatic rings. The third kappa shape index (κ3) is 5.69. The molecule has 0 saturated carbocycles. The predicted octanol–water partition coefficient (Wildman–Crippen LogP) is 4.01. The van der Waals surface area contributed by atoms with Crippen LogP contribution in [0.1, 0.15) is 50.0 Å². The maximum absolute atomic E-state index is 14.2. The number of fused-ring (bicyclic) bond motifs is 1. The minimum absolute atomic E-state index is 0.0130. The number of carbonyl (C=O) groups is 1. The first-order chi connectivity index (χ1) is 20.0. The van der Waals surface area contributed by atoms with Crippen LogP contribution in [0.3, 0.4) is 0 Å². The lowest BCUT2D eigenvalue weighted by molar-refractivity contribution is -0.137. The van der Waals surface area contributed by atoms with Crippen LogP contribution in [-0.4, -0.2) is 76.3 Å². The van der Waals surface area contributed by atoms with Crippen molar-refractivity contribution < 1.29 is 18.3 Å². The van der Waals surface area contributed by atoms with E-state index in [2.05, 4.69) is 32.7 Å². The van der Waals surface area contributed by atoms with Crippen molar-refractivity contribution in [3.63, 3.8) is 0 Å². The highest BCUT2D eigenvalue weighted by Crippen LogP contribution is 2.31. The van der Waals surface area contributed by atoms with Gasteiger partial charge >= 0.3 is 0 Å². The Morgan fingerprint density at radius 1 is 1.05 bits per heavy atom. The van der Waals surface area contributed by atoms with Gasteiger partial charge in [-0.05, 0) is 43.9 Å². The number of halogens is 2. The molecule has 0 aliphatic carbocycles. The summed E-state index contributed by atoms with van der Waals surface area (Å²) in [6, 6.07) is 16.6. The number of nitrogens with one attached hydrogen (secondary N) is 2. The molecule has 9 nitrogen and oxygen atoms in total. The molecule has 0 bridgehead atoms. The Kier molecular flexibility index (Phi) is 7.97. The molecule has 2 saturated heterocycles. The second-order valence-electron chi connectivity index (χ2n) is 10.6. The van der Waals surface area contributed by atoms with Gasteiger partial charge in [-0.15, -0.1) is 0 Å². The molecule has 1 amide bonds. The van der Waals surface area contributed by atoms with Crippen LogP contribution >= 0.6 is 0 Å². The van der Waals surface area contributed by atoms with Gasteiger partial charge in [0.2, 0.25) is 5.91 Å². The molecule has 3 aliphatic heterocycles. The molecule has 41 heavy (non-hydrogen) atoms. The van der Waals surface area contributed by atoms with Crippen LogP contribution in [0, 0.1) is 0 Å². The van der Waals surface area contributed by atoms with E-state index in [1.54, 1.807) is 30.3 Å². The molecule has 216 valence electrons. The number of rotatable bonds is 6. The Morgan fingerprint density at radius 3 is 2.59 bits per heavy atom. The van der Waals surface area contributed by atoms with E-state index in [0.29, 0.717) is 49.7 Å². The van der Waals surface area contributed by atoms with Crippen LogP contribution in [0.2, 0.25) is 0 Å². The van der Waals surface area contributed by atoms with E-state index in [9.17, 15) is 13.6 Å². The lowest BCUT2D eigenvalue weighted by Gasteiger charge is -2.39. The molecule has 6 rings (SSSR count). The number of ether oxygens (including phenoxy) is 1. The Bertz CT molecular complexity index is 1440. The van der Waals surface area contributed by atoms with E-state index in [-0.39, 0.29) is 17.8 Å². The SMILES string of the molecule is C[C@H](NC1N=C(n2c(C(F)F)nc3ccccc32)C=C(N2CCOCC2)N1)C(=O)N1CCCCC1c1ccccc1. The second kappa shape index (κ2) is 12.0. The quantitative estimate of drug-likeness (QED) is 0.472. The number of piperidine rings is 1. The number of nitrogens with zero attached hydrogens (tertiary/aromatic N) is 5. The fourth-order valence-electron chi connectivity index (χ4n) is 5.90. The van der Waals surface area contributed by atoms with Crippen molar-refractivity contribution in [1.82, 2.24) is 30.0 Å². The van der Waals surface area contributed by atoms with Gasteiger partial charge in [0.1, 0.15) is 11.7 Å². The number of benzene rings is 2. The summed E-state index contributed by atoms with van der Waals surface area (Å²) >= 11 is 0. The van der Waals surface area contributed by atoms with Crippen molar-refractivity contribution in [2.45, 2.75) is 51.0 Å². The van der Waals surface area contributed by atoms with E-state index < -0.39 is 18.8 Å². The van der Waals surface area contributed by atoms with Gasteiger partial charge in [0.05, 0.1) is 36.3 Å². The average Bonchev–Trinajstić information content (AvgIpc) is 3.42. The Labute approximate surface area is 237 Å². The highest BCUT2D eigenvalue weighted by molar-refractivity contribution is 6.02. The van der Waals surface area contributed by atoms with E-state index in [4.69, 9.17) is 9.73 Å². The first-order valence-electron chi connectivity index (χ1n) is 14.3. The van der Waals surface area contributed by atoms with Crippen LogP contribution < -0.4 is 10.6 Å². The summed E-state index contributed by atoms with van der Waals surface area (Å²) in [6.07, 6.45) is 1.20. The molecule has 1 aromatic heterocycles. The van der Waals surface area contributed by atoms with Crippen LogP contribution in [0.4, 0.5) is 8.78 Å². The van der Waals surface area contributed by atoms with Gasteiger partial charge in [0, 0.05) is 25.7 Å². The first kappa shape index (κ1) is 27.3. The van der Waals surface area contributed by atoms with Crippen LogP contribution in [0.25, 0.3) is 11.0 Å². The molecule has 0 radical (unpaired) electrons. The monoisotopic (exact) mass is 563 g/mol. The number of imidazole rings is 1. The minimum Gasteiger partial charge on any atom is -0.378 e. The molecule has 3 aliphatic rings. The standard InChI is InChI=1S/C30H35F2N7O2/c1-20(29(40)38-14-8-7-12-23(38)21-9-3-2-4-10-21)33-30-35-25(37-15-17-41-18-16-37)19-26(36-30)39-24-13-6-5-11-22(24)34-28(39)27(31)32/h2-6,9-11,13,19-20,23,27,30,33,35H,7-8,12,14-18H2,1H3/t20-,23?,30?/m0/s1. The Hall–Kier alpha value is -3.83. The zero-order valence-electron chi connectivity index (χ0n) is 23.0. The van der Waals surface area contributed by atoms with Gasteiger partial charge in [-0.3, -0.25) is 14.7 Å². The zero-order chi connectivity index (χ0) is 28.3. The first-order valence-corrected chi connectivity index (χ1v) is 14.3. The van der Waals surface area contributed by atoms with E-state index in [1.807, 2.05) is 30.0 Å². The number of alkyl halides is 2. The highest BCUT2D eigenvalue weighted by Gasteiger charge is 2.33. The number of likely N-dealkylation sites (tertiary alicyclic amines) is 1. The molecular formula is C30H35F2N7O2. The predicted molar refractivity (Wildman–Crippen MR) is 152 cm³/mol. The third-order valence-corrected chi connectivity index (χ3v) is 7.92. The van der Waals surface area contributed by atoms with Gasteiger partial charge in [-0.25, -0.2) is 18.8 Å². The number of aliphatic imine (C=N–C) groups is 1. The fraction of sp³-hybridized carbons (Fsp3) is 0.433. The van der Waals surface area contributed by atoms with Crippen molar-refractivity contribution in [1.29, 1.82) is 0 Å². The summed E-state index contributed by atoms with van der Waals surface area (Å²) < 4.78 is 35.3. The van der Waals surface area contributed by atoms with Gasteiger partial charge < -0.3 is 19.9 Å². The normalized spacial score (nSPS) is 22.3. The second-order valence-corrected chi connectivity index (χ2v) is 10.6. The lowest BCUT2D eigenvalue weighted by atomic mass is 9.94. The molecule has 2 fully saturated rings. The van der Waals surface area contributed by atoms with Gasteiger partial charge in [-0.2, -0.15) is 0 Å². The maximum atomic E-state index is 14.2. The topological polar surface area (TPSA) is 87.0 Å². The highest BCUT2D eigenvalue weighted by atomic mass is 19.3. The summed E-state index contributed by atoms with van der Waals surface area (Å²) in [5, 5.41) is 6.72. The number of para-hydroxylation sites is 2. The van der Waals surface area contributed by atoms with Crippen molar-refractivity contribution in [2.24, 2.45) is 4.99 Å². The third-order valence-electron chi connectivity index (χ3n) is 7.92. The molecule has 3 atom stereocenters. The fourth-order valence-corrected chi connectivity index (χ4v) is 5.90. The van der Waals surface area contributed by atoms with E-state index in [1.165, 1.54) is 4.57 Å². The Balaban J connectivity index is 1.30. The van der Waals surface area contributed by atoms with E-state index in [0.717, 1.165) is 30.6 Å². The van der Waals surface area contributed by atoms with Crippen molar-refractivity contribution in [3.8, 4) is 0 Å². The Morgan fingerprint density at radius 2 is 1.80 bits per heavy atom. The molecule has 0 spiro atoms. The smallest absolute Gasteiger partial charge is 0.296 e. The summed E-state index contributed by atoms with van der Waals surface area (Å²) in [5.41, 5.74) is 2.14. The number of hydrogen-bond acceptors (Lipinski definition) is 7.